The topological polar surface area (TPSA) is 138 Å². The van der Waals surface area contributed by atoms with Gasteiger partial charge in [-0.2, -0.15) is 0 Å². The van der Waals surface area contributed by atoms with Crippen LogP contribution in [0.5, 0.6) is 0 Å². The number of carbonyl (C=O) groups is 4. The molecule has 4 aliphatic heterocycles. The first-order valence-electron chi connectivity index (χ1n) is 19.2. The third-order valence-electron chi connectivity index (χ3n) is 11.4. The van der Waals surface area contributed by atoms with Crippen LogP contribution in [0.2, 0.25) is 0 Å². The van der Waals surface area contributed by atoms with Crippen LogP contribution in [-0.2, 0) is 39.8 Å². The van der Waals surface area contributed by atoms with Crippen molar-refractivity contribution in [2.24, 2.45) is 11.8 Å². The fraction of sp³-hybridized carbons (Fsp3) is 0.524. The number of aliphatic hydroxyl groups is 1. The number of aliphatic hydroxyl groups excluding tert-OH is 1. The van der Waals surface area contributed by atoms with E-state index < -0.39 is 59.6 Å². The number of hydrogen-bond acceptors (Lipinski definition) is 9. The van der Waals surface area contributed by atoms with E-state index in [0.29, 0.717) is 57.6 Å². The second-order valence-electron chi connectivity index (χ2n) is 14.8. The van der Waals surface area contributed by atoms with Gasteiger partial charge in [-0.15, -0.1) is 13.2 Å². The summed E-state index contributed by atoms with van der Waals surface area (Å²) in [6, 6.07) is 16.3. The highest BCUT2D eigenvalue weighted by molar-refractivity contribution is 5.98. The Morgan fingerprint density at radius 2 is 1.78 bits per heavy atom. The van der Waals surface area contributed by atoms with E-state index >= 15 is 0 Å². The molecule has 2 bridgehead atoms. The molecule has 0 radical (unpaired) electrons. The zero-order valence-electron chi connectivity index (χ0n) is 31.2. The summed E-state index contributed by atoms with van der Waals surface area (Å²) in [6.07, 6.45) is 3.79. The van der Waals surface area contributed by atoms with Gasteiger partial charge in [0.05, 0.1) is 49.8 Å². The number of rotatable bonds is 18. The fourth-order valence-electron chi connectivity index (χ4n) is 8.82. The molecule has 12 nitrogen and oxygen atoms in total. The molecule has 1 spiro atoms. The summed E-state index contributed by atoms with van der Waals surface area (Å²) in [6.45, 7) is 13.1. The normalized spacial score (nSPS) is 26.4. The highest BCUT2D eigenvalue weighted by atomic mass is 16.6. The molecule has 0 aromatic heterocycles. The Hall–Kier alpha value is -4.36. The number of amides is 3. The summed E-state index contributed by atoms with van der Waals surface area (Å²) in [5.74, 6) is -3.50. The number of nitrogens with zero attached hydrogens (tertiary/aromatic N) is 3. The van der Waals surface area contributed by atoms with Crippen molar-refractivity contribution in [2.45, 2.75) is 75.0 Å². The van der Waals surface area contributed by atoms with Crippen LogP contribution in [-0.4, -0.2) is 126 Å². The van der Waals surface area contributed by atoms with Crippen molar-refractivity contribution in [3.05, 3.63) is 97.1 Å². The molecule has 4 aliphatic rings. The highest BCUT2D eigenvalue weighted by Gasteiger charge is 2.75. The zero-order valence-corrected chi connectivity index (χ0v) is 31.2. The van der Waals surface area contributed by atoms with Crippen LogP contribution in [0.25, 0.3) is 0 Å². The minimum atomic E-state index is -1.29. The van der Waals surface area contributed by atoms with E-state index in [-0.39, 0.29) is 31.4 Å². The Morgan fingerprint density at radius 3 is 2.44 bits per heavy atom. The van der Waals surface area contributed by atoms with E-state index in [1.165, 1.54) is 4.90 Å². The summed E-state index contributed by atoms with van der Waals surface area (Å²) in [4.78, 5) is 62.7. The van der Waals surface area contributed by atoms with Crippen LogP contribution in [0.1, 0.15) is 49.8 Å². The highest BCUT2D eigenvalue weighted by Crippen LogP contribution is 2.59. The van der Waals surface area contributed by atoms with Crippen LogP contribution in [0.15, 0.2) is 86.0 Å². The third kappa shape index (κ3) is 8.17. The summed E-state index contributed by atoms with van der Waals surface area (Å²) in [5, 5.41) is 13.9. The van der Waals surface area contributed by atoms with Gasteiger partial charge in [-0.05, 0) is 43.7 Å². The first kappa shape index (κ1) is 39.3. The smallest absolute Gasteiger partial charge is 0.313 e. The second-order valence-corrected chi connectivity index (χ2v) is 14.8. The number of fused-ring (bicyclic) bond motifs is 1. The zero-order chi connectivity index (χ0) is 38.2. The van der Waals surface area contributed by atoms with Crippen LogP contribution in [0.4, 0.5) is 0 Å². The van der Waals surface area contributed by atoms with Crippen molar-refractivity contribution in [2.75, 3.05) is 52.5 Å². The van der Waals surface area contributed by atoms with Crippen molar-refractivity contribution >= 4 is 23.7 Å². The summed E-state index contributed by atoms with van der Waals surface area (Å²) in [7, 11) is 0. The van der Waals surface area contributed by atoms with E-state index in [9.17, 15) is 24.3 Å². The minimum absolute atomic E-state index is 0.198. The lowest BCUT2D eigenvalue weighted by molar-refractivity contribution is -0.162. The molecule has 0 saturated carbocycles. The monoisotopic (exact) mass is 742 g/mol. The maximum Gasteiger partial charge on any atom is 0.313 e. The van der Waals surface area contributed by atoms with Crippen molar-refractivity contribution in [3.8, 4) is 0 Å². The Balaban J connectivity index is 1.32. The predicted octanol–water partition coefficient (Wildman–Crippen LogP) is 3.07. The number of morpholine rings is 1. The van der Waals surface area contributed by atoms with Crippen molar-refractivity contribution in [1.29, 1.82) is 0 Å². The number of esters is 1. The van der Waals surface area contributed by atoms with Gasteiger partial charge in [0.15, 0.2) is 0 Å². The van der Waals surface area contributed by atoms with Crippen LogP contribution in [0, 0.1) is 11.8 Å². The molecule has 12 heteroatoms. The SMILES string of the molecule is C=CCCC(=O)N[C@H](C)[C@@H](OC(=O)[C@@H]1[C@H]2C(=O)N([C@@H](CO)Cc3ccccc3)[C@H](C(=O)N(CC=C)CCN3CCOCC3)[C@]23CC[C@H]1O3)c1ccccc1. The first-order chi connectivity index (χ1) is 26.2. The van der Waals surface area contributed by atoms with E-state index in [2.05, 4.69) is 23.4 Å². The number of allylic oxidation sites excluding steroid dienone is 1. The van der Waals surface area contributed by atoms with E-state index in [1.807, 2.05) is 60.7 Å². The maximum atomic E-state index is 15.0. The molecule has 2 N–H and O–H groups in total. The van der Waals surface area contributed by atoms with Gasteiger partial charge in [0.1, 0.15) is 17.7 Å². The minimum Gasteiger partial charge on any atom is -0.455 e. The lowest BCUT2D eigenvalue weighted by atomic mass is 9.70. The van der Waals surface area contributed by atoms with E-state index in [0.717, 1.165) is 18.7 Å². The van der Waals surface area contributed by atoms with Crippen molar-refractivity contribution in [3.63, 3.8) is 0 Å². The van der Waals surface area contributed by atoms with Gasteiger partial charge in [0.25, 0.3) is 0 Å². The predicted molar refractivity (Wildman–Crippen MR) is 202 cm³/mol. The van der Waals surface area contributed by atoms with Crippen molar-refractivity contribution < 1.29 is 38.5 Å². The molecule has 0 aliphatic carbocycles. The quantitative estimate of drug-likeness (QED) is 0.175. The number of carbonyl (C=O) groups excluding carboxylic acids is 4. The molecular formula is C42H54N4O8. The summed E-state index contributed by atoms with van der Waals surface area (Å²) < 4.78 is 18.6. The Labute approximate surface area is 318 Å². The molecule has 290 valence electrons. The first-order valence-corrected chi connectivity index (χ1v) is 19.2. The van der Waals surface area contributed by atoms with Crippen LogP contribution >= 0.6 is 0 Å². The second kappa shape index (κ2) is 17.9. The number of nitrogens with one attached hydrogen (secondary N) is 1. The molecular weight excluding hydrogens is 688 g/mol. The lowest BCUT2D eigenvalue weighted by Gasteiger charge is -2.40. The number of benzene rings is 2. The molecule has 3 amide bonds. The Bertz CT molecular complexity index is 1640. The van der Waals surface area contributed by atoms with Crippen LogP contribution in [0.3, 0.4) is 0 Å². The Kier molecular flexibility index (Phi) is 13.0. The Morgan fingerprint density at radius 1 is 1.07 bits per heavy atom. The maximum absolute atomic E-state index is 15.0. The third-order valence-corrected chi connectivity index (χ3v) is 11.4. The van der Waals surface area contributed by atoms with Gasteiger partial charge in [-0.3, -0.25) is 24.1 Å². The van der Waals surface area contributed by atoms with E-state index in [4.69, 9.17) is 14.2 Å². The van der Waals surface area contributed by atoms with Gasteiger partial charge in [-0.1, -0.05) is 72.8 Å². The van der Waals surface area contributed by atoms with Crippen molar-refractivity contribution in [1.82, 2.24) is 20.0 Å². The van der Waals surface area contributed by atoms with Crippen LogP contribution < -0.4 is 5.32 Å². The number of hydrogen-bond donors (Lipinski definition) is 2. The summed E-state index contributed by atoms with van der Waals surface area (Å²) in [5.41, 5.74) is 0.297. The molecule has 54 heavy (non-hydrogen) atoms. The molecule has 6 rings (SSSR count). The average molecular weight is 743 g/mol. The molecule has 4 fully saturated rings. The van der Waals surface area contributed by atoms with Gasteiger partial charge in [0.2, 0.25) is 17.7 Å². The molecule has 2 aromatic carbocycles. The average Bonchev–Trinajstić information content (AvgIpc) is 3.85. The molecule has 0 unspecified atom stereocenters. The van der Waals surface area contributed by atoms with Gasteiger partial charge in [-0.25, -0.2) is 0 Å². The lowest BCUT2D eigenvalue weighted by Crippen LogP contribution is -2.59. The van der Waals surface area contributed by atoms with Gasteiger partial charge >= 0.3 is 5.97 Å². The molecule has 4 heterocycles. The number of ether oxygens (including phenoxy) is 3. The molecule has 2 aromatic rings. The standard InChI is InChI=1S/C42H54N4O8/c1-4-6-17-34(48)43-29(3)37(31-15-11-8-12-16-31)53-41(51)35-33-18-19-42(54-33)36(35)39(49)46(32(28-47)27-30-13-9-7-10-14-30)38(42)40(50)45(20-5-2)22-21-44-23-25-52-26-24-44/h4-5,7-16,29,32-33,35-38,47H,1-2,6,17-28H2,3H3,(H,43,48)/t29-,32-,33-,35+,36+,37-,38-,42+/m1/s1. The summed E-state index contributed by atoms with van der Waals surface area (Å²) >= 11 is 0. The van der Waals surface area contributed by atoms with E-state index in [1.54, 1.807) is 24.0 Å². The van der Waals surface area contributed by atoms with Gasteiger partial charge < -0.3 is 34.4 Å². The molecule has 4 saturated heterocycles. The molecule has 8 atom stereocenters. The largest absolute Gasteiger partial charge is 0.455 e. The van der Waals surface area contributed by atoms with Gasteiger partial charge in [0, 0.05) is 39.1 Å². The number of likely N-dealkylation sites (tertiary alicyclic amines) is 1. The fourth-order valence-corrected chi connectivity index (χ4v) is 8.82.